The smallest absolute Gasteiger partial charge is 0.0836 e. The van der Waals surface area contributed by atoms with Crippen LogP contribution in [0.3, 0.4) is 0 Å². The molecule has 1 aliphatic carbocycles. The third kappa shape index (κ3) is 3.13. The number of ether oxygens (including phenoxy) is 1. The molecule has 0 amide bonds. The summed E-state index contributed by atoms with van der Waals surface area (Å²) in [6.45, 7) is 8.41. The molecule has 0 saturated carbocycles. The minimum absolute atomic E-state index is 0.282. The summed E-state index contributed by atoms with van der Waals surface area (Å²) in [6, 6.07) is 7.00. The third-order valence-electron chi connectivity index (χ3n) is 6.05. The third-order valence-corrected chi connectivity index (χ3v) is 6.05. The lowest BCUT2D eigenvalue weighted by atomic mass is 9.73. The molecule has 4 rings (SSSR count). The van der Waals surface area contributed by atoms with E-state index in [1.807, 2.05) is 17.9 Å². The highest BCUT2D eigenvalue weighted by atomic mass is 16.5. The van der Waals surface area contributed by atoms with E-state index in [0.717, 1.165) is 32.7 Å². The summed E-state index contributed by atoms with van der Waals surface area (Å²) in [6.07, 6.45) is 8.01. The SMILES string of the molecule is CCO[C@H]1CC2(CCN(Cc3cnn(C)c3)CC2)c2ccc(C)cc21. The molecule has 2 aromatic rings. The molecule has 1 fully saturated rings. The van der Waals surface area contributed by atoms with E-state index in [1.54, 1.807) is 5.56 Å². The van der Waals surface area contributed by atoms with Gasteiger partial charge in [0.25, 0.3) is 0 Å². The highest BCUT2D eigenvalue weighted by Gasteiger charge is 2.45. The average Bonchev–Trinajstić information content (AvgIpc) is 3.12. The number of nitrogens with zero attached hydrogens (tertiary/aromatic N) is 3. The van der Waals surface area contributed by atoms with E-state index in [-0.39, 0.29) is 6.10 Å². The molecule has 1 atom stereocenters. The van der Waals surface area contributed by atoms with Crippen molar-refractivity contribution in [3.05, 3.63) is 52.8 Å². The zero-order chi connectivity index (χ0) is 17.4. The summed E-state index contributed by atoms with van der Waals surface area (Å²) in [5, 5.41) is 4.29. The first-order valence-electron chi connectivity index (χ1n) is 9.52. The van der Waals surface area contributed by atoms with Crippen LogP contribution in [0.1, 0.15) is 54.5 Å². The van der Waals surface area contributed by atoms with Crippen LogP contribution in [0.4, 0.5) is 0 Å². The van der Waals surface area contributed by atoms with E-state index >= 15 is 0 Å². The zero-order valence-electron chi connectivity index (χ0n) is 15.7. The van der Waals surface area contributed by atoms with Gasteiger partial charge >= 0.3 is 0 Å². The Morgan fingerprint density at radius 1 is 1.28 bits per heavy atom. The zero-order valence-corrected chi connectivity index (χ0v) is 15.7. The lowest BCUT2D eigenvalue weighted by Gasteiger charge is -2.40. The van der Waals surface area contributed by atoms with Crippen molar-refractivity contribution in [3.8, 4) is 0 Å². The Bertz CT molecular complexity index is 743. The van der Waals surface area contributed by atoms with Crippen molar-refractivity contribution in [2.24, 2.45) is 7.05 Å². The molecule has 2 aliphatic rings. The fourth-order valence-electron chi connectivity index (χ4n) is 4.78. The van der Waals surface area contributed by atoms with Crippen LogP contribution in [-0.2, 0) is 23.7 Å². The van der Waals surface area contributed by atoms with Crippen molar-refractivity contribution in [2.75, 3.05) is 19.7 Å². The lowest BCUT2D eigenvalue weighted by Crippen LogP contribution is -2.41. The van der Waals surface area contributed by atoms with Crippen LogP contribution in [0.25, 0.3) is 0 Å². The molecular weight excluding hydrogens is 310 g/mol. The largest absolute Gasteiger partial charge is 0.374 e. The predicted molar refractivity (Wildman–Crippen MR) is 99.6 cm³/mol. The predicted octanol–water partition coefficient (Wildman–Crippen LogP) is 3.74. The quantitative estimate of drug-likeness (QED) is 0.850. The normalized spacial score (nSPS) is 22.4. The Hall–Kier alpha value is -1.65. The molecule has 0 bridgehead atoms. The lowest BCUT2D eigenvalue weighted by molar-refractivity contribution is 0.0395. The Kier molecular flexibility index (Phi) is 4.42. The highest BCUT2D eigenvalue weighted by molar-refractivity contribution is 5.44. The molecule has 134 valence electrons. The molecule has 4 nitrogen and oxygen atoms in total. The molecule has 2 heterocycles. The topological polar surface area (TPSA) is 30.3 Å². The molecule has 1 spiro atoms. The van der Waals surface area contributed by atoms with Gasteiger partial charge in [-0.05, 0) is 57.3 Å². The number of piperidine rings is 1. The second-order valence-corrected chi connectivity index (χ2v) is 7.82. The Morgan fingerprint density at radius 2 is 2.08 bits per heavy atom. The number of hydrogen-bond acceptors (Lipinski definition) is 3. The van der Waals surface area contributed by atoms with Gasteiger partial charge in [0.05, 0.1) is 12.3 Å². The minimum Gasteiger partial charge on any atom is -0.374 e. The Balaban J connectivity index is 1.50. The fourth-order valence-corrected chi connectivity index (χ4v) is 4.78. The van der Waals surface area contributed by atoms with Crippen molar-refractivity contribution in [3.63, 3.8) is 0 Å². The maximum absolute atomic E-state index is 6.11. The number of rotatable bonds is 4. The van der Waals surface area contributed by atoms with Gasteiger partial charge in [0.2, 0.25) is 0 Å². The first-order chi connectivity index (χ1) is 12.1. The van der Waals surface area contributed by atoms with Gasteiger partial charge in [-0.1, -0.05) is 23.8 Å². The van der Waals surface area contributed by atoms with Gasteiger partial charge in [-0.2, -0.15) is 5.10 Å². The first kappa shape index (κ1) is 16.8. The van der Waals surface area contributed by atoms with Crippen LogP contribution in [-0.4, -0.2) is 34.4 Å². The molecule has 0 radical (unpaired) electrons. The number of aromatic nitrogens is 2. The van der Waals surface area contributed by atoms with Crippen molar-refractivity contribution in [1.29, 1.82) is 0 Å². The maximum Gasteiger partial charge on any atom is 0.0836 e. The van der Waals surface area contributed by atoms with Gasteiger partial charge in [0.15, 0.2) is 0 Å². The summed E-state index contributed by atoms with van der Waals surface area (Å²) < 4.78 is 8.00. The van der Waals surface area contributed by atoms with Crippen molar-refractivity contribution < 1.29 is 4.74 Å². The van der Waals surface area contributed by atoms with Gasteiger partial charge in [-0.3, -0.25) is 9.58 Å². The summed E-state index contributed by atoms with van der Waals surface area (Å²) >= 11 is 0. The highest BCUT2D eigenvalue weighted by Crippen LogP contribution is 2.52. The summed E-state index contributed by atoms with van der Waals surface area (Å²) in [4.78, 5) is 2.57. The van der Waals surface area contributed by atoms with E-state index < -0.39 is 0 Å². The summed E-state index contributed by atoms with van der Waals surface area (Å²) in [7, 11) is 1.99. The van der Waals surface area contributed by atoms with E-state index in [2.05, 4.69) is 48.2 Å². The van der Waals surface area contributed by atoms with E-state index in [4.69, 9.17) is 4.74 Å². The van der Waals surface area contributed by atoms with Crippen molar-refractivity contribution >= 4 is 0 Å². The van der Waals surface area contributed by atoms with Crippen LogP contribution in [0.5, 0.6) is 0 Å². The molecule has 1 aromatic heterocycles. The van der Waals surface area contributed by atoms with Crippen molar-refractivity contribution in [2.45, 2.75) is 51.2 Å². The maximum atomic E-state index is 6.11. The second-order valence-electron chi connectivity index (χ2n) is 7.82. The number of hydrogen-bond donors (Lipinski definition) is 0. The molecule has 1 aliphatic heterocycles. The summed E-state index contributed by atoms with van der Waals surface area (Å²) in [5.74, 6) is 0. The molecule has 25 heavy (non-hydrogen) atoms. The Labute approximate surface area is 150 Å². The van der Waals surface area contributed by atoms with E-state index in [9.17, 15) is 0 Å². The minimum atomic E-state index is 0.282. The number of fused-ring (bicyclic) bond motifs is 2. The molecule has 1 aromatic carbocycles. The van der Waals surface area contributed by atoms with E-state index in [1.165, 1.54) is 29.5 Å². The number of aryl methyl sites for hydroxylation is 2. The molecule has 0 unspecified atom stereocenters. The standard InChI is InChI=1S/C21H29N3O/c1-4-25-20-12-21(19-6-5-16(2)11-18(19)20)7-9-24(10-8-21)15-17-13-22-23(3)14-17/h5-6,11,13-14,20H,4,7-10,12,15H2,1-3H3/t20-/m0/s1. The van der Waals surface area contributed by atoms with Crippen LogP contribution in [0.2, 0.25) is 0 Å². The van der Waals surface area contributed by atoms with Gasteiger partial charge < -0.3 is 4.74 Å². The fraction of sp³-hybridized carbons (Fsp3) is 0.571. The summed E-state index contributed by atoms with van der Waals surface area (Å²) in [5.41, 5.74) is 5.97. The van der Waals surface area contributed by atoms with Crippen LogP contribution < -0.4 is 0 Å². The van der Waals surface area contributed by atoms with Crippen molar-refractivity contribution in [1.82, 2.24) is 14.7 Å². The van der Waals surface area contributed by atoms with Gasteiger partial charge in [-0.15, -0.1) is 0 Å². The number of likely N-dealkylation sites (tertiary alicyclic amines) is 1. The Morgan fingerprint density at radius 3 is 2.76 bits per heavy atom. The van der Waals surface area contributed by atoms with Gasteiger partial charge in [-0.25, -0.2) is 0 Å². The molecule has 4 heteroatoms. The molecule has 1 saturated heterocycles. The second kappa shape index (κ2) is 6.58. The molecular formula is C21H29N3O. The van der Waals surface area contributed by atoms with Gasteiger partial charge in [0, 0.05) is 37.4 Å². The first-order valence-corrected chi connectivity index (χ1v) is 9.52. The van der Waals surface area contributed by atoms with Crippen LogP contribution in [0, 0.1) is 6.92 Å². The van der Waals surface area contributed by atoms with Crippen LogP contribution in [0.15, 0.2) is 30.6 Å². The average molecular weight is 339 g/mol. The molecule has 0 N–H and O–H groups in total. The van der Waals surface area contributed by atoms with Crippen LogP contribution >= 0.6 is 0 Å². The van der Waals surface area contributed by atoms with E-state index in [0.29, 0.717) is 5.41 Å². The monoisotopic (exact) mass is 339 g/mol. The number of benzene rings is 1. The van der Waals surface area contributed by atoms with Gasteiger partial charge in [0.1, 0.15) is 0 Å².